The molecule has 0 fully saturated rings. The van der Waals surface area contributed by atoms with Crippen molar-refractivity contribution in [3.63, 3.8) is 0 Å². The van der Waals surface area contributed by atoms with Crippen LogP contribution >= 0.6 is 0 Å². The number of aliphatic hydroxyl groups is 2. The van der Waals surface area contributed by atoms with Gasteiger partial charge in [0, 0.05) is 6.61 Å². The highest BCUT2D eigenvalue weighted by Crippen LogP contribution is 2.28. The van der Waals surface area contributed by atoms with Gasteiger partial charge in [-0.15, -0.1) is 0 Å². The van der Waals surface area contributed by atoms with Gasteiger partial charge in [-0.05, 0) is 37.5 Å². The lowest BCUT2D eigenvalue weighted by Gasteiger charge is -2.23. The van der Waals surface area contributed by atoms with E-state index in [2.05, 4.69) is 4.98 Å². The van der Waals surface area contributed by atoms with Gasteiger partial charge in [0.1, 0.15) is 5.52 Å². The van der Waals surface area contributed by atoms with Gasteiger partial charge in [-0.1, -0.05) is 6.07 Å². The first kappa shape index (κ1) is 11.1. The number of oxazole rings is 1. The molecule has 0 spiro atoms. The van der Waals surface area contributed by atoms with Gasteiger partial charge in [0.05, 0.1) is 5.60 Å². The van der Waals surface area contributed by atoms with Crippen molar-refractivity contribution in [2.75, 3.05) is 6.61 Å². The van der Waals surface area contributed by atoms with Crippen molar-refractivity contribution in [3.8, 4) is 0 Å². The molecule has 0 saturated carbocycles. The molecule has 0 bridgehead atoms. The van der Waals surface area contributed by atoms with E-state index in [0.717, 1.165) is 11.1 Å². The molecule has 0 aliphatic carbocycles. The summed E-state index contributed by atoms with van der Waals surface area (Å²) >= 11 is 0. The average Bonchev–Trinajstić information content (AvgIpc) is 2.73. The third-order valence-electron chi connectivity index (χ3n) is 2.77. The molecule has 4 heteroatoms. The van der Waals surface area contributed by atoms with Crippen LogP contribution in [0, 0.1) is 0 Å². The van der Waals surface area contributed by atoms with E-state index in [0.29, 0.717) is 18.4 Å². The number of rotatable bonds is 4. The number of aromatic nitrogens is 1. The molecule has 1 aromatic heterocycles. The van der Waals surface area contributed by atoms with Crippen LogP contribution in [0.25, 0.3) is 11.1 Å². The second kappa shape index (κ2) is 4.23. The summed E-state index contributed by atoms with van der Waals surface area (Å²) in [6, 6.07) is 5.45. The van der Waals surface area contributed by atoms with Crippen LogP contribution in [0.3, 0.4) is 0 Å². The zero-order valence-electron chi connectivity index (χ0n) is 9.18. The Bertz CT molecular complexity index is 476. The molecule has 1 aromatic carbocycles. The molecule has 2 rings (SSSR count). The lowest BCUT2D eigenvalue weighted by molar-refractivity contribution is 0.0404. The molecule has 2 aromatic rings. The maximum Gasteiger partial charge on any atom is 0.181 e. The topological polar surface area (TPSA) is 66.5 Å². The van der Waals surface area contributed by atoms with E-state index in [-0.39, 0.29) is 6.61 Å². The smallest absolute Gasteiger partial charge is 0.181 e. The van der Waals surface area contributed by atoms with Gasteiger partial charge in [-0.2, -0.15) is 0 Å². The molecule has 0 amide bonds. The minimum Gasteiger partial charge on any atom is -0.443 e. The maximum atomic E-state index is 10.2. The Kier molecular flexibility index (Phi) is 2.94. The third kappa shape index (κ3) is 2.08. The number of nitrogens with zero attached hydrogens (tertiary/aromatic N) is 1. The normalized spacial score (nSPS) is 15.2. The zero-order valence-corrected chi connectivity index (χ0v) is 9.18. The second-order valence-electron chi connectivity index (χ2n) is 4.14. The molecule has 0 saturated heterocycles. The molecule has 16 heavy (non-hydrogen) atoms. The minimum absolute atomic E-state index is 0.0840. The number of fused-ring (bicyclic) bond motifs is 1. The Morgan fingerprint density at radius 1 is 1.44 bits per heavy atom. The second-order valence-corrected chi connectivity index (χ2v) is 4.14. The van der Waals surface area contributed by atoms with Crippen LogP contribution in [0.2, 0.25) is 0 Å². The molecule has 4 nitrogen and oxygen atoms in total. The lowest BCUT2D eigenvalue weighted by Crippen LogP contribution is -2.21. The first-order chi connectivity index (χ1) is 7.63. The molecule has 0 aliphatic heterocycles. The Balaban J connectivity index is 2.30. The highest BCUT2D eigenvalue weighted by atomic mass is 16.3. The molecular formula is C12H15NO3. The van der Waals surface area contributed by atoms with Crippen LogP contribution in [-0.2, 0) is 5.60 Å². The summed E-state index contributed by atoms with van der Waals surface area (Å²) in [6.07, 6.45) is 2.47. The van der Waals surface area contributed by atoms with Crippen LogP contribution in [0.4, 0.5) is 0 Å². The van der Waals surface area contributed by atoms with Crippen LogP contribution in [0.15, 0.2) is 29.0 Å². The first-order valence-electron chi connectivity index (χ1n) is 5.30. The summed E-state index contributed by atoms with van der Waals surface area (Å²) in [7, 11) is 0. The third-order valence-corrected chi connectivity index (χ3v) is 2.77. The molecular weight excluding hydrogens is 206 g/mol. The van der Waals surface area contributed by atoms with Gasteiger partial charge >= 0.3 is 0 Å². The van der Waals surface area contributed by atoms with Crippen molar-refractivity contribution in [2.45, 2.75) is 25.4 Å². The lowest BCUT2D eigenvalue weighted by atomic mass is 9.91. The fourth-order valence-electron chi connectivity index (χ4n) is 1.76. The Morgan fingerprint density at radius 3 is 3.00 bits per heavy atom. The molecule has 0 radical (unpaired) electrons. The molecule has 1 atom stereocenters. The van der Waals surface area contributed by atoms with Gasteiger partial charge in [0.15, 0.2) is 12.0 Å². The predicted molar refractivity (Wildman–Crippen MR) is 59.9 cm³/mol. The molecule has 0 aliphatic rings. The van der Waals surface area contributed by atoms with Crippen molar-refractivity contribution >= 4 is 11.1 Å². The summed E-state index contributed by atoms with van der Waals surface area (Å²) < 4.78 is 5.19. The largest absolute Gasteiger partial charge is 0.443 e. The Morgan fingerprint density at radius 2 is 2.25 bits per heavy atom. The van der Waals surface area contributed by atoms with Gasteiger partial charge in [-0.25, -0.2) is 4.98 Å². The van der Waals surface area contributed by atoms with Crippen molar-refractivity contribution < 1.29 is 14.6 Å². The Labute approximate surface area is 93.5 Å². The standard InChI is InChI=1S/C12H15NO3/c1-12(15,5-2-6-14)9-3-4-10-11(7-9)16-8-13-10/h3-4,7-8,14-15H,2,5-6H2,1H3. The van der Waals surface area contributed by atoms with Crippen LogP contribution in [0.5, 0.6) is 0 Å². The van der Waals surface area contributed by atoms with Crippen LogP contribution in [0.1, 0.15) is 25.3 Å². The van der Waals surface area contributed by atoms with E-state index in [1.807, 2.05) is 12.1 Å². The monoisotopic (exact) mass is 221 g/mol. The van der Waals surface area contributed by atoms with Crippen molar-refractivity contribution in [3.05, 3.63) is 30.2 Å². The van der Waals surface area contributed by atoms with Gasteiger partial charge in [0.2, 0.25) is 0 Å². The van der Waals surface area contributed by atoms with Crippen LogP contribution < -0.4 is 0 Å². The average molecular weight is 221 g/mol. The predicted octanol–water partition coefficient (Wildman–Crippen LogP) is 1.81. The van der Waals surface area contributed by atoms with E-state index >= 15 is 0 Å². The summed E-state index contributed by atoms with van der Waals surface area (Å²) in [4.78, 5) is 4.02. The van der Waals surface area contributed by atoms with E-state index in [9.17, 15) is 5.11 Å². The maximum absolute atomic E-state index is 10.2. The van der Waals surface area contributed by atoms with Crippen LogP contribution in [-0.4, -0.2) is 21.8 Å². The first-order valence-corrected chi connectivity index (χ1v) is 5.30. The van der Waals surface area contributed by atoms with Gasteiger partial charge < -0.3 is 14.6 Å². The molecule has 1 heterocycles. The Hall–Kier alpha value is -1.39. The van der Waals surface area contributed by atoms with E-state index in [4.69, 9.17) is 9.52 Å². The SMILES string of the molecule is CC(O)(CCCO)c1ccc2ncoc2c1. The fraction of sp³-hybridized carbons (Fsp3) is 0.417. The van der Waals surface area contributed by atoms with E-state index in [1.165, 1.54) is 6.39 Å². The van der Waals surface area contributed by atoms with Crippen molar-refractivity contribution in [1.82, 2.24) is 4.98 Å². The van der Waals surface area contributed by atoms with Gasteiger partial charge in [-0.3, -0.25) is 0 Å². The molecule has 86 valence electrons. The summed E-state index contributed by atoms with van der Waals surface area (Å²) in [5.74, 6) is 0. The highest BCUT2D eigenvalue weighted by molar-refractivity contribution is 5.73. The number of hydrogen-bond acceptors (Lipinski definition) is 4. The summed E-state index contributed by atoms with van der Waals surface area (Å²) in [5, 5.41) is 19.0. The fourth-order valence-corrected chi connectivity index (χ4v) is 1.76. The quantitative estimate of drug-likeness (QED) is 0.826. The summed E-state index contributed by atoms with van der Waals surface area (Å²) in [6.45, 7) is 1.82. The van der Waals surface area contributed by atoms with Crippen molar-refractivity contribution in [2.24, 2.45) is 0 Å². The number of aliphatic hydroxyl groups excluding tert-OH is 1. The van der Waals surface area contributed by atoms with Gasteiger partial charge in [0.25, 0.3) is 0 Å². The minimum atomic E-state index is -0.941. The number of hydrogen-bond donors (Lipinski definition) is 2. The molecule has 1 unspecified atom stereocenters. The highest BCUT2D eigenvalue weighted by Gasteiger charge is 2.23. The van der Waals surface area contributed by atoms with E-state index in [1.54, 1.807) is 13.0 Å². The number of benzene rings is 1. The van der Waals surface area contributed by atoms with E-state index < -0.39 is 5.60 Å². The van der Waals surface area contributed by atoms with Crippen molar-refractivity contribution in [1.29, 1.82) is 0 Å². The zero-order chi connectivity index (χ0) is 11.6. The molecule has 2 N–H and O–H groups in total. The summed E-state index contributed by atoms with van der Waals surface area (Å²) in [5.41, 5.74) is 1.29.